The largest absolute Gasteiger partial charge is 0.394 e. The van der Waals surface area contributed by atoms with Gasteiger partial charge in [-0.25, -0.2) is 4.68 Å². The van der Waals surface area contributed by atoms with E-state index in [1.54, 1.807) is 12.1 Å². The Bertz CT molecular complexity index is 621. The van der Waals surface area contributed by atoms with Gasteiger partial charge in [0.1, 0.15) is 0 Å². The van der Waals surface area contributed by atoms with Gasteiger partial charge in [0, 0.05) is 22.4 Å². The average molecular weight is 316 g/mol. The molecule has 106 valence electrons. The molecule has 0 saturated carbocycles. The molecule has 2 rings (SSSR count). The van der Waals surface area contributed by atoms with Crippen molar-refractivity contribution in [2.24, 2.45) is 0 Å². The van der Waals surface area contributed by atoms with Crippen molar-refractivity contribution in [3.05, 3.63) is 38.9 Å². The van der Waals surface area contributed by atoms with Crippen LogP contribution in [0.15, 0.2) is 23.4 Å². The quantitative estimate of drug-likeness (QED) is 0.489. The van der Waals surface area contributed by atoms with Gasteiger partial charge in [-0.15, -0.1) is 5.10 Å². The number of aliphatic hydroxyl groups is 1. The van der Waals surface area contributed by atoms with Crippen molar-refractivity contribution >= 4 is 29.1 Å². The van der Waals surface area contributed by atoms with Crippen LogP contribution in [0.4, 0.5) is 5.69 Å². The number of thioether (sulfide) groups is 1. The van der Waals surface area contributed by atoms with Crippen LogP contribution in [0.3, 0.4) is 0 Å². The number of aromatic nitrogens is 4. The van der Waals surface area contributed by atoms with Gasteiger partial charge in [-0.1, -0.05) is 23.4 Å². The van der Waals surface area contributed by atoms with Gasteiger partial charge in [-0.05, 0) is 22.6 Å². The first-order chi connectivity index (χ1) is 9.61. The molecule has 0 radical (unpaired) electrons. The summed E-state index contributed by atoms with van der Waals surface area (Å²) >= 11 is 7.00. The van der Waals surface area contributed by atoms with E-state index < -0.39 is 4.92 Å². The predicted octanol–water partition coefficient (Wildman–Crippen LogP) is 1.52. The summed E-state index contributed by atoms with van der Waals surface area (Å²) in [6, 6.07) is 4.52. The van der Waals surface area contributed by atoms with Gasteiger partial charge in [-0.3, -0.25) is 10.1 Å². The third-order valence-corrected chi connectivity index (χ3v) is 3.65. The molecule has 0 aliphatic carbocycles. The Balaban J connectivity index is 2.14. The number of tetrazole rings is 1. The zero-order chi connectivity index (χ0) is 14.5. The Morgan fingerprint density at radius 2 is 2.30 bits per heavy atom. The van der Waals surface area contributed by atoms with Gasteiger partial charge in [0.25, 0.3) is 5.69 Å². The smallest absolute Gasteiger partial charge is 0.274 e. The monoisotopic (exact) mass is 315 g/mol. The maximum absolute atomic E-state index is 11.0. The highest BCUT2D eigenvalue weighted by atomic mass is 35.5. The van der Waals surface area contributed by atoms with Gasteiger partial charge in [0.15, 0.2) is 0 Å². The lowest BCUT2D eigenvalue weighted by Crippen LogP contribution is -2.05. The summed E-state index contributed by atoms with van der Waals surface area (Å²) < 4.78 is 1.44. The molecule has 2 aromatic rings. The molecule has 0 spiro atoms. The van der Waals surface area contributed by atoms with Crippen LogP contribution in [0.1, 0.15) is 5.56 Å². The summed E-state index contributed by atoms with van der Waals surface area (Å²) in [4.78, 5) is 10.5. The van der Waals surface area contributed by atoms with Crippen LogP contribution in [-0.2, 0) is 12.3 Å². The summed E-state index contributed by atoms with van der Waals surface area (Å²) in [5.41, 5.74) is 0.495. The minimum absolute atomic E-state index is 0.0359. The standard InChI is InChI=1S/C10H10ClN5O3S/c11-8-2-1-7(9(5-8)16(18)19)6-20-10-12-13-14-15(10)3-4-17/h1-2,5,17H,3-4,6H2. The van der Waals surface area contributed by atoms with Gasteiger partial charge in [-0.2, -0.15) is 0 Å². The minimum atomic E-state index is -0.474. The van der Waals surface area contributed by atoms with Gasteiger partial charge >= 0.3 is 0 Å². The lowest BCUT2D eigenvalue weighted by atomic mass is 10.2. The van der Waals surface area contributed by atoms with Crippen molar-refractivity contribution in [2.75, 3.05) is 6.61 Å². The molecule has 0 aliphatic heterocycles. The number of halogens is 1. The third kappa shape index (κ3) is 3.44. The van der Waals surface area contributed by atoms with Crippen molar-refractivity contribution < 1.29 is 10.0 Å². The van der Waals surface area contributed by atoms with Crippen molar-refractivity contribution in [1.29, 1.82) is 0 Å². The number of nitro benzene ring substituents is 1. The van der Waals surface area contributed by atoms with Crippen LogP contribution >= 0.6 is 23.4 Å². The molecule has 0 aliphatic rings. The van der Waals surface area contributed by atoms with E-state index in [1.807, 2.05) is 0 Å². The number of benzene rings is 1. The molecule has 1 N–H and O–H groups in total. The van der Waals surface area contributed by atoms with Crippen LogP contribution in [-0.4, -0.2) is 36.8 Å². The summed E-state index contributed by atoms with van der Waals surface area (Å²) in [5.74, 6) is 0.333. The van der Waals surface area contributed by atoms with E-state index in [1.165, 1.54) is 22.5 Å². The van der Waals surface area contributed by atoms with E-state index >= 15 is 0 Å². The Kier molecular flexibility index (Phi) is 4.88. The van der Waals surface area contributed by atoms with E-state index in [-0.39, 0.29) is 18.8 Å². The van der Waals surface area contributed by atoms with E-state index in [4.69, 9.17) is 16.7 Å². The molecule has 0 fully saturated rings. The minimum Gasteiger partial charge on any atom is -0.394 e. The molecule has 1 aromatic carbocycles. The summed E-state index contributed by atoms with van der Waals surface area (Å²) in [7, 11) is 0. The fraction of sp³-hybridized carbons (Fsp3) is 0.300. The highest BCUT2D eigenvalue weighted by Gasteiger charge is 2.16. The maximum Gasteiger partial charge on any atom is 0.274 e. The van der Waals surface area contributed by atoms with Crippen LogP contribution in [0.25, 0.3) is 0 Å². The van der Waals surface area contributed by atoms with Crippen molar-refractivity contribution in [3.8, 4) is 0 Å². The molecule has 10 heteroatoms. The molecule has 0 unspecified atom stereocenters. The second kappa shape index (κ2) is 6.64. The normalized spacial score (nSPS) is 10.7. The molecule has 1 aromatic heterocycles. The Morgan fingerprint density at radius 3 is 3.00 bits per heavy atom. The predicted molar refractivity (Wildman–Crippen MR) is 72.6 cm³/mol. The maximum atomic E-state index is 11.0. The fourth-order valence-electron chi connectivity index (χ4n) is 1.51. The summed E-state index contributed by atoms with van der Waals surface area (Å²) in [5, 5.41) is 31.6. The summed E-state index contributed by atoms with van der Waals surface area (Å²) in [6.07, 6.45) is 0. The average Bonchev–Trinajstić information content (AvgIpc) is 2.85. The zero-order valence-electron chi connectivity index (χ0n) is 10.1. The SMILES string of the molecule is O=[N+]([O-])c1cc(Cl)ccc1CSc1nnnn1CCO. The third-order valence-electron chi connectivity index (χ3n) is 2.41. The van der Waals surface area contributed by atoms with E-state index in [0.717, 1.165) is 0 Å². The molecular formula is C10H10ClN5O3S. The number of hydrogen-bond donors (Lipinski definition) is 1. The molecule has 0 saturated heterocycles. The Morgan fingerprint density at radius 1 is 1.50 bits per heavy atom. The molecule has 20 heavy (non-hydrogen) atoms. The fourth-order valence-corrected chi connectivity index (χ4v) is 2.57. The second-order valence-corrected chi connectivity index (χ2v) is 5.11. The van der Waals surface area contributed by atoms with E-state index in [2.05, 4.69) is 15.5 Å². The van der Waals surface area contributed by atoms with E-state index in [9.17, 15) is 10.1 Å². The molecule has 0 atom stereocenters. The molecular weight excluding hydrogens is 306 g/mol. The van der Waals surface area contributed by atoms with Crippen molar-refractivity contribution in [1.82, 2.24) is 20.2 Å². The van der Waals surface area contributed by atoms with Gasteiger partial charge in [0.05, 0.1) is 18.1 Å². The molecule has 1 heterocycles. The first kappa shape index (κ1) is 14.7. The molecule has 0 amide bonds. The van der Waals surface area contributed by atoms with Crippen molar-refractivity contribution in [2.45, 2.75) is 17.5 Å². The van der Waals surface area contributed by atoms with Crippen LogP contribution in [0.5, 0.6) is 0 Å². The lowest BCUT2D eigenvalue weighted by molar-refractivity contribution is -0.385. The number of nitro groups is 1. The number of rotatable bonds is 6. The lowest BCUT2D eigenvalue weighted by Gasteiger charge is -2.04. The Hall–Kier alpha value is -1.71. The summed E-state index contributed by atoms with van der Waals surface area (Å²) in [6.45, 7) is 0.192. The van der Waals surface area contributed by atoms with Gasteiger partial charge in [0.2, 0.25) is 5.16 Å². The first-order valence-corrected chi connectivity index (χ1v) is 6.91. The van der Waals surface area contributed by atoms with Crippen LogP contribution < -0.4 is 0 Å². The first-order valence-electron chi connectivity index (χ1n) is 5.54. The van der Waals surface area contributed by atoms with Gasteiger partial charge < -0.3 is 5.11 Å². The zero-order valence-corrected chi connectivity index (χ0v) is 11.7. The number of hydrogen-bond acceptors (Lipinski definition) is 7. The molecule has 8 nitrogen and oxygen atoms in total. The highest BCUT2D eigenvalue weighted by molar-refractivity contribution is 7.98. The highest BCUT2D eigenvalue weighted by Crippen LogP contribution is 2.28. The van der Waals surface area contributed by atoms with Crippen molar-refractivity contribution in [3.63, 3.8) is 0 Å². The van der Waals surface area contributed by atoms with Crippen LogP contribution in [0.2, 0.25) is 5.02 Å². The van der Waals surface area contributed by atoms with E-state index in [0.29, 0.717) is 21.5 Å². The second-order valence-electron chi connectivity index (χ2n) is 3.73. The molecule has 0 bridgehead atoms. The number of nitrogens with zero attached hydrogens (tertiary/aromatic N) is 5. The topological polar surface area (TPSA) is 107 Å². The Labute approximate surface area is 122 Å². The number of aliphatic hydroxyl groups excluding tert-OH is 1. The van der Waals surface area contributed by atoms with Crippen LogP contribution in [0, 0.1) is 10.1 Å².